The topological polar surface area (TPSA) is 50.4 Å². The maximum Gasteiger partial charge on any atom is 0.0903 e. The molecule has 19 heavy (non-hydrogen) atoms. The van der Waals surface area contributed by atoms with Crippen LogP contribution in [0.3, 0.4) is 0 Å². The first-order chi connectivity index (χ1) is 9.24. The fraction of sp³-hybridized carbons (Fsp3) is 0.200. The molecule has 3 aromatic rings. The van der Waals surface area contributed by atoms with Crippen LogP contribution in [0.4, 0.5) is 0 Å². The Morgan fingerprint density at radius 1 is 1.32 bits per heavy atom. The summed E-state index contributed by atoms with van der Waals surface area (Å²) < 4.78 is 1.72. The summed E-state index contributed by atoms with van der Waals surface area (Å²) in [5, 5.41) is 14.6. The molecule has 0 saturated heterocycles. The molecule has 0 spiro atoms. The van der Waals surface area contributed by atoms with Gasteiger partial charge in [-0.05, 0) is 12.5 Å². The molecule has 0 aliphatic rings. The van der Waals surface area contributed by atoms with Crippen molar-refractivity contribution in [3.8, 4) is 0 Å². The first kappa shape index (κ1) is 11.9. The number of nitrogens with zero attached hydrogens (tertiary/aromatic N) is 3. The zero-order chi connectivity index (χ0) is 13.2. The van der Waals surface area contributed by atoms with E-state index in [2.05, 4.69) is 29.1 Å². The van der Waals surface area contributed by atoms with Gasteiger partial charge in [0.05, 0.1) is 24.0 Å². The van der Waals surface area contributed by atoms with Crippen molar-refractivity contribution in [2.24, 2.45) is 0 Å². The van der Waals surface area contributed by atoms with E-state index >= 15 is 0 Å². The average Bonchev–Trinajstić information content (AvgIpc) is 2.82. The molecule has 0 radical (unpaired) electrons. The van der Waals surface area contributed by atoms with Crippen LogP contribution in [0.2, 0.25) is 0 Å². The molecular formula is C15H15N3O. The number of benzene rings is 1. The molecule has 0 saturated carbocycles. The van der Waals surface area contributed by atoms with Gasteiger partial charge in [-0.15, -0.1) is 0 Å². The number of rotatable bonds is 3. The lowest BCUT2D eigenvalue weighted by molar-refractivity contribution is 0.180. The van der Waals surface area contributed by atoms with Crippen LogP contribution in [0.5, 0.6) is 0 Å². The number of aromatic nitrogens is 3. The first-order valence-electron chi connectivity index (χ1n) is 6.25. The second-order valence-electron chi connectivity index (χ2n) is 4.72. The van der Waals surface area contributed by atoms with Crippen LogP contribution in [0.25, 0.3) is 5.52 Å². The maximum absolute atomic E-state index is 10.4. The number of aryl methyl sites for hydroxylation is 1. The minimum atomic E-state index is -0.566. The Hall–Kier alpha value is -2.20. The predicted molar refractivity (Wildman–Crippen MR) is 72.8 cm³/mol. The highest BCUT2D eigenvalue weighted by Gasteiger charge is 2.14. The van der Waals surface area contributed by atoms with Crippen LogP contribution in [0.15, 0.2) is 49.1 Å². The molecule has 1 N–H and O–H groups in total. The summed E-state index contributed by atoms with van der Waals surface area (Å²) in [6.07, 6.45) is 6.90. The first-order valence-corrected chi connectivity index (χ1v) is 6.25. The lowest BCUT2D eigenvalue weighted by Crippen LogP contribution is -2.02. The van der Waals surface area contributed by atoms with Gasteiger partial charge in [-0.1, -0.05) is 29.8 Å². The maximum atomic E-state index is 10.4. The second-order valence-corrected chi connectivity index (χ2v) is 4.72. The van der Waals surface area contributed by atoms with Gasteiger partial charge in [0.1, 0.15) is 0 Å². The van der Waals surface area contributed by atoms with Crippen molar-refractivity contribution in [1.29, 1.82) is 0 Å². The predicted octanol–water partition coefficient (Wildman–Crippen LogP) is 2.31. The number of aliphatic hydroxyl groups is 1. The molecule has 0 amide bonds. The molecule has 0 aliphatic carbocycles. The van der Waals surface area contributed by atoms with Crippen LogP contribution >= 0.6 is 0 Å². The van der Waals surface area contributed by atoms with Crippen LogP contribution in [0, 0.1) is 6.92 Å². The normalized spacial score (nSPS) is 12.7. The van der Waals surface area contributed by atoms with Crippen molar-refractivity contribution < 1.29 is 5.11 Å². The summed E-state index contributed by atoms with van der Waals surface area (Å²) in [5.41, 5.74) is 3.99. The third-order valence-electron chi connectivity index (χ3n) is 3.23. The Morgan fingerprint density at radius 2 is 2.21 bits per heavy atom. The van der Waals surface area contributed by atoms with Gasteiger partial charge in [0, 0.05) is 24.4 Å². The summed E-state index contributed by atoms with van der Waals surface area (Å²) >= 11 is 0. The monoisotopic (exact) mass is 253 g/mol. The van der Waals surface area contributed by atoms with E-state index in [9.17, 15) is 5.11 Å². The van der Waals surface area contributed by atoms with Gasteiger partial charge in [0.15, 0.2) is 0 Å². The average molecular weight is 253 g/mol. The summed E-state index contributed by atoms with van der Waals surface area (Å²) in [6.45, 7) is 2.05. The summed E-state index contributed by atoms with van der Waals surface area (Å²) in [6, 6.07) is 8.18. The smallest absolute Gasteiger partial charge is 0.0903 e. The molecule has 2 heterocycles. The highest BCUT2D eigenvalue weighted by molar-refractivity contribution is 5.52. The van der Waals surface area contributed by atoms with Gasteiger partial charge < -0.3 is 5.11 Å². The Balaban J connectivity index is 1.90. The molecular weight excluding hydrogens is 238 g/mol. The SMILES string of the molecule is Cc1cccc(CC(O)c2cnn3ccncc23)c1. The van der Waals surface area contributed by atoms with Gasteiger partial charge in [-0.3, -0.25) is 4.98 Å². The number of fused-ring (bicyclic) bond motifs is 1. The van der Waals surface area contributed by atoms with Crippen LogP contribution in [0.1, 0.15) is 22.8 Å². The lowest BCUT2D eigenvalue weighted by Gasteiger charge is -2.09. The largest absolute Gasteiger partial charge is 0.388 e. The summed E-state index contributed by atoms with van der Waals surface area (Å²) in [7, 11) is 0. The molecule has 4 heteroatoms. The highest BCUT2D eigenvalue weighted by Crippen LogP contribution is 2.22. The van der Waals surface area contributed by atoms with E-state index < -0.39 is 6.10 Å². The fourth-order valence-corrected chi connectivity index (χ4v) is 2.28. The van der Waals surface area contributed by atoms with E-state index in [-0.39, 0.29) is 0 Å². The molecule has 96 valence electrons. The Kier molecular flexibility index (Phi) is 3.01. The van der Waals surface area contributed by atoms with E-state index in [0.717, 1.165) is 16.6 Å². The van der Waals surface area contributed by atoms with Gasteiger partial charge in [-0.25, -0.2) is 4.52 Å². The second kappa shape index (κ2) is 4.82. The minimum Gasteiger partial charge on any atom is -0.388 e. The molecule has 4 nitrogen and oxygen atoms in total. The zero-order valence-corrected chi connectivity index (χ0v) is 10.7. The Labute approximate surface area is 111 Å². The standard InChI is InChI=1S/C15H15N3O/c1-11-3-2-4-12(7-11)8-15(19)13-9-17-18-6-5-16-10-14(13)18/h2-7,9-10,15,19H,8H2,1H3. The van der Waals surface area contributed by atoms with Crippen molar-refractivity contribution in [2.75, 3.05) is 0 Å². The molecule has 0 aliphatic heterocycles. The minimum absolute atomic E-state index is 0.566. The van der Waals surface area contributed by atoms with E-state index in [1.165, 1.54) is 5.56 Å². The highest BCUT2D eigenvalue weighted by atomic mass is 16.3. The van der Waals surface area contributed by atoms with Gasteiger partial charge in [0.2, 0.25) is 0 Å². The third kappa shape index (κ3) is 2.35. The van der Waals surface area contributed by atoms with E-state index in [4.69, 9.17) is 0 Å². The van der Waals surface area contributed by atoms with Gasteiger partial charge >= 0.3 is 0 Å². The molecule has 1 aromatic carbocycles. The van der Waals surface area contributed by atoms with Gasteiger partial charge in [-0.2, -0.15) is 5.10 Å². The number of aliphatic hydroxyl groups excluding tert-OH is 1. The van der Waals surface area contributed by atoms with E-state index in [1.54, 1.807) is 29.3 Å². The molecule has 2 aromatic heterocycles. The van der Waals surface area contributed by atoms with E-state index in [1.807, 2.05) is 12.1 Å². The zero-order valence-electron chi connectivity index (χ0n) is 10.7. The molecule has 1 atom stereocenters. The van der Waals surface area contributed by atoms with Crippen molar-refractivity contribution in [3.05, 3.63) is 65.7 Å². The van der Waals surface area contributed by atoms with Crippen molar-refractivity contribution in [2.45, 2.75) is 19.4 Å². The Bertz CT molecular complexity index is 705. The molecule has 0 fully saturated rings. The summed E-state index contributed by atoms with van der Waals surface area (Å²) in [4.78, 5) is 4.08. The quantitative estimate of drug-likeness (QED) is 0.779. The lowest BCUT2D eigenvalue weighted by atomic mass is 10.0. The van der Waals surface area contributed by atoms with Crippen molar-refractivity contribution in [3.63, 3.8) is 0 Å². The van der Waals surface area contributed by atoms with E-state index in [0.29, 0.717) is 6.42 Å². The van der Waals surface area contributed by atoms with Gasteiger partial charge in [0.25, 0.3) is 0 Å². The van der Waals surface area contributed by atoms with Crippen LogP contribution < -0.4 is 0 Å². The van der Waals surface area contributed by atoms with Crippen molar-refractivity contribution in [1.82, 2.24) is 14.6 Å². The van der Waals surface area contributed by atoms with Crippen LogP contribution in [-0.4, -0.2) is 19.7 Å². The van der Waals surface area contributed by atoms with Crippen LogP contribution in [-0.2, 0) is 6.42 Å². The number of hydrogen-bond donors (Lipinski definition) is 1. The van der Waals surface area contributed by atoms with Crippen molar-refractivity contribution >= 4 is 5.52 Å². The molecule has 1 unspecified atom stereocenters. The third-order valence-corrected chi connectivity index (χ3v) is 3.23. The Morgan fingerprint density at radius 3 is 3.05 bits per heavy atom. The summed E-state index contributed by atoms with van der Waals surface area (Å²) in [5.74, 6) is 0. The molecule has 3 rings (SSSR count). The molecule has 0 bridgehead atoms. The fourth-order valence-electron chi connectivity index (χ4n) is 2.28. The number of hydrogen-bond acceptors (Lipinski definition) is 3.